The molecule has 3 heteroatoms. The van der Waals surface area contributed by atoms with Gasteiger partial charge in [0.1, 0.15) is 0 Å². The van der Waals surface area contributed by atoms with E-state index < -0.39 is 11.4 Å². The number of carboxylic acids is 1. The van der Waals surface area contributed by atoms with Crippen LogP contribution in [0.2, 0.25) is 0 Å². The van der Waals surface area contributed by atoms with Crippen molar-refractivity contribution in [3.63, 3.8) is 0 Å². The summed E-state index contributed by atoms with van der Waals surface area (Å²) in [6, 6.07) is 0. The average molecular weight is 266 g/mol. The zero-order valence-electron chi connectivity index (χ0n) is 11.8. The van der Waals surface area contributed by atoms with Crippen LogP contribution in [0, 0.1) is 11.3 Å². The third kappa shape index (κ3) is 2.31. The molecule has 108 valence electrons. The number of hydrogen-bond acceptors (Lipinski definition) is 2. The molecule has 1 atom stereocenters. The molecule has 0 bridgehead atoms. The minimum Gasteiger partial charge on any atom is -0.481 e. The maximum absolute atomic E-state index is 12.0. The van der Waals surface area contributed by atoms with Gasteiger partial charge < -0.3 is 9.84 Å². The van der Waals surface area contributed by atoms with E-state index in [9.17, 15) is 9.90 Å². The Morgan fingerprint density at radius 1 is 1.00 bits per heavy atom. The van der Waals surface area contributed by atoms with Crippen molar-refractivity contribution in [2.45, 2.75) is 76.2 Å². The van der Waals surface area contributed by atoms with Gasteiger partial charge in [-0.15, -0.1) is 0 Å². The number of rotatable bonds is 2. The highest BCUT2D eigenvalue weighted by atomic mass is 16.5. The Morgan fingerprint density at radius 3 is 2.21 bits per heavy atom. The molecule has 0 aromatic heterocycles. The van der Waals surface area contributed by atoms with Gasteiger partial charge in [-0.2, -0.15) is 0 Å². The summed E-state index contributed by atoms with van der Waals surface area (Å²) in [5.41, 5.74) is -0.374. The number of aliphatic carboxylic acids is 1. The van der Waals surface area contributed by atoms with Crippen LogP contribution in [0.3, 0.4) is 0 Å². The highest BCUT2D eigenvalue weighted by Crippen LogP contribution is 2.52. The van der Waals surface area contributed by atoms with E-state index in [1.165, 1.54) is 19.3 Å². The van der Waals surface area contributed by atoms with Gasteiger partial charge in [0.2, 0.25) is 0 Å². The molecule has 1 saturated heterocycles. The van der Waals surface area contributed by atoms with E-state index in [4.69, 9.17) is 4.74 Å². The molecule has 1 N–H and O–H groups in total. The summed E-state index contributed by atoms with van der Waals surface area (Å²) in [6.45, 7) is 0.777. The Kier molecular flexibility index (Phi) is 3.59. The predicted octanol–water partition coefficient (Wildman–Crippen LogP) is 3.76. The molecule has 1 aliphatic heterocycles. The van der Waals surface area contributed by atoms with E-state index in [1.807, 2.05) is 0 Å². The quantitative estimate of drug-likeness (QED) is 0.774. The average Bonchev–Trinajstić information content (AvgIpc) is 2.63. The van der Waals surface area contributed by atoms with Crippen molar-refractivity contribution in [1.29, 1.82) is 0 Å². The van der Waals surface area contributed by atoms with Gasteiger partial charge in [-0.05, 0) is 50.9 Å². The van der Waals surface area contributed by atoms with Gasteiger partial charge in [0.25, 0.3) is 0 Å². The summed E-state index contributed by atoms with van der Waals surface area (Å²) in [6.07, 6.45) is 11.9. The standard InChI is InChI=1S/C16H26O3/c17-14(18)16(9-3-1-2-4-10-16)13-6-11-19-15(12-13)7-5-8-15/h13H,1-12H2,(H,17,18). The van der Waals surface area contributed by atoms with Gasteiger partial charge in [0.15, 0.2) is 0 Å². The third-order valence-electron chi connectivity index (χ3n) is 5.96. The molecule has 3 rings (SSSR count). The molecule has 1 heterocycles. The van der Waals surface area contributed by atoms with E-state index in [0.717, 1.165) is 58.0 Å². The van der Waals surface area contributed by atoms with Gasteiger partial charge in [-0.25, -0.2) is 0 Å². The number of hydrogen-bond donors (Lipinski definition) is 1. The summed E-state index contributed by atoms with van der Waals surface area (Å²) in [5, 5.41) is 9.89. The van der Waals surface area contributed by atoms with Crippen LogP contribution in [0.25, 0.3) is 0 Å². The van der Waals surface area contributed by atoms with Crippen LogP contribution < -0.4 is 0 Å². The van der Waals surface area contributed by atoms with Crippen molar-refractivity contribution in [3.05, 3.63) is 0 Å². The molecule has 0 aromatic rings. The van der Waals surface area contributed by atoms with Crippen molar-refractivity contribution in [1.82, 2.24) is 0 Å². The highest BCUT2D eigenvalue weighted by Gasteiger charge is 2.52. The second kappa shape index (κ2) is 5.08. The molecule has 3 aliphatic rings. The zero-order chi connectivity index (χ0) is 13.3. The molecule has 0 aromatic carbocycles. The van der Waals surface area contributed by atoms with Crippen molar-refractivity contribution in [2.24, 2.45) is 11.3 Å². The van der Waals surface area contributed by atoms with Crippen LogP contribution >= 0.6 is 0 Å². The third-order valence-corrected chi connectivity index (χ3v) is 5.96. The molecule has 3 nitrogen and oxygen atoms in total. The SMILES string of the molecule is O=C(O)C1(C2CCOC3(CCC3)C2)CCCCCC1. The first-order chi connectivity index (χ1) is 9.17. The van der Waals surface area contributed by atoms with Crippen LogP contribution in [0.4, 0.5) is 0 Å². The van der Waals surface area contributed by atoms with Crippen LogP contribution in [0.1, 0.15) is 70.6 Å². The van der Waals surface area contributed by atoms with Crippen LogP contribution in [-0.2, 0) is 9.53 Å². The molecule has 0 amide bonds. The smallest absolute Gasteiger partial charge is 0.309 e. The number of carboxylic acid groups (broad SMARTS) is 1. The lowest BCUT2D eigenvalue weighted by atomic mass is 9.61. The van der Waals surface area contributed by atoms with Gasteiger partial charge in [-0.3, -0.25) is 4.79 Å². The maximum Gasteiger partial charge on any atom is 0.309 e. The van der Waals surface area contributed by atoms with E-state index in [-0.39, 0.29) is 5.60 Å². The fourth-order valence-electron chi connectivity index (χ4n) is 4.58. The Labute approximate surface area is 115 Å². The Morgan fingerprint density at radius 2 is 1.68 bits per heavy atom. The molecule has 2 saturated carbocycles. The first-order valence-electron chi connectivity index (χ1n) is 8.04. The summed E-state index contributed by atoms with van der Waals surface area (Å²) in [5.74, 6) is -0.187. The minimum atomic E-state index is -0.532. The predicted molar refractivity (Wildman–Crippen MR) is 73.0 cm³/mol. The minimum absolute atomic E-state index is 0.0671. The van der Waals surface area contributed by atoms with Crippen molar-refractivity contribution >= 4 is 5.97 Å². The first-order valence-corrected chi connectivity index (χ1v) is 8.04. The second-order valence-electron chi connectivity index (χ2n) is 6.95. The van der Waals surface area contributed by atoms with Gasteiger partial charge in [0, 0.05) is 6.61 Å². The fraction of sp³-hybridized carbons (Fsp3) is 0.938. The Bertz CT molecular complexity index is 338. The van der Waals surface area contributed by atoms with Crippen molar-refractivity contribution in [2.75, 3.05) is 6.61 Å². The lowest BCUT2D eigenvalue weighted by Gasteiger charge is -2.51. The maximum atomic E-state index is 12.0. The summed E-state index contributed by atoms with van der Waals surface area (Å²) < 4.78 is 5.99. The normalized spacial score (nSPS) is 33.4. The summed E-state index contributed by atoms with van der Waals surface area (Å²) in [4.78, 5) is 12.0. The van der Waals surface area contributed by atoms with Crippen LogP contribution in [0.15, 0.2) is 0 Å². The van der Waals surface area contributed by atoms with Crippen LogP contribution in [0.5, 0.6) is 0 Å². The Balaban J connectivity index is 1.80. The lowest BCUT2D eigenvalue weighted by molar-refractivity contribution is -0.178. The molecule has 0 radical (unpaired) electrons. The van der Waals surface area contributed by atoms with E-state index in [2.05, 4.69) is 0 Å². The molecule has 1 unspecified atom stereocenters. The fourth-order valence-corrected chi connectivity index (χ4v) is 4.58. The van der Waals surface area contributed by atoms with Crippen molar-refractivity contribution < 1.29 is 14.6 Å². The molecule has 19 heavy (non-hydrogen) atoms. The Hall–Kier alpha value is -0.570. The molecular weight excluding hydrogens is 240 g/mol. The topological polar surface area (TPSA) is 46.5 Å². The van der Waals surface area contributed by atoms with Gasteiger partial charge in [0.05, 0.1) is 11.0 Å². The molecular formula is C16H26O3. The van der Waals surface area contributed by atoms with E-state index >= 15 is 0 Å². The summed E-state index contributed by atoms with van der Waals surface area (Å²) in [7, 11) is 0. The van der Waals surface area contributed by atoms with Crippen molar-refractivity contribution in [3.8, 4) is 0 Å². The summed E-state index contributed by atoms with van der Waals surface area (Å²) >= 11 is 0. The molecule has 1 spiro atoms. The van der Waals surface area contributed by atoms with E-state index in [0.29, 0.717) is 5.92 Å². The lowest BCUT2D eigenvalue weighted by Crippen LogP contribution is -2.51. The zero-order valence-corrected chi connectivity index (χ0v) is 11.8. The highest BCUT2D eigenvalue weighted by molar-refractivity contribution is 5.75. The van der Waals surface area contributed by atoms with Crippen LogP contribution in [-0.4, -0.2) is 23.3 Å². The van der Waals surface area contributed by atoms with Gasteiger partial charge in [-0.1, -0.05) is 25.7 Å². The molecule has 3 fully saturated rings. The second-order valence-corrected chi connectivity index (χ2v) is 6.95. The largest absolute Gasteiger partial charge is 0.481 e. The number of carbonyl (C=O) groups is 1. The van der Waals surface area contributed by atoms with E-state index in [1.54, 1.807) is 0 Å². The molecule has 2 aliphatic carbocycles. The number of ether oxygens (including phenoxy) is 1. The van der Waals surface area contributed by atoms with Gasteiger partial charge >= 0.3 is 5.97 Å². The first kappa shape index (κ1) is 13.4. The monoisotopic (exact) mass is 266 g/mol.